The second-order valence-corrected chi connectivity index (χ2v) is 6.48. The molecule has 1 amide bonds. The Bertz CT molecular complexity index is 571. The van der Waals surface area contributed by atoms with Crippen LogP contribution in [0.25, 0.3) is 0 Å². The molecule has 1 aromatic heterocycles. The smallest absolute Gasteiger partial charge is 0.410 e. The molecule has 1 saturated heterocycles. The van der Waals surface area contributed by atoms with Gasteiger partial charge in [-0.05, 0) is 45.7 Å². The van der Waals surface area contributed by atoms with E-state index < -0.39 is 5.60 Å². The van der Waals surface area contributed by atoms with Gasteiger partial charge in [-0.15, -0.1) is 0 Å². The molecule has 2 heterocycles. The monoisotopic (exact) mass is 301 g/mol. The van der Waals surface area contributed by atoms with Crippen LogP contribution in [0.15, 0.2) is 18.3 Å². The van der Waals surface area contributed by atoms with E-state index in [1.54, 1.807) is 17.2 Å². The van der Waals surface area contributed by atoms with Gasteiger partial charge in [-0.25, -0.2) is 9.78 Å². The van der Waals surface area contributed by atoms with Crippen molar-refractivity contribution in [3.8, 4) is 11.8 Å². The molecule has 0 bridgehead atoms. The Hall–Kier alpha value is -2.22. The molecule has 1 aromatic rings. The van der Waals surface area contributed by atoms with Crippen molar-refractivity contribution < 1.29 is 9.53 Å². The topological polar surface area (TPSA) is 68.5 Å². The first-order chi connectivity index (χ1) is 10.3. The van der Waals surface area contributed by atoms with E-state index in [1.807, 2.05) is 26.8 Å². The Kier molecular flexibility index (Phi) is 4.92. The predicted molar refractivity (Wildman–Crippen MR) is 86.1 cm³/mol. The number of piperidine rings is 1. The van der Waals surface area contributed by atoms with Crippen LogP contribution >= 0.6 is 0 Å². The molecular weight excluding hydrogens is 278 g/mol. The zero-order chi connectivity index (χ0) is 16.2. The van der Waals surface area contributed by atoms with Crippen molar-refractivity contribution in [3.05, 3.63) is 23.9 Å². The summed E-state index contributed by atoms with van der Waals surface area (Å²) >= 11 is 0. The summed E-state index contributed by atoms with van der Waals surface area (Å²) in [5, 5.41) is 0. The van der Waals surface area contributed by atoms with Crippen LogP contribution in [-0.4, -0.2) is 34.7 Å². The number of aromatic nitrogens is 1. The van der Waals surface area contributed by atoms with E-state index in [0.717, 1.165) is 18.4 Å². The van der Waals surface area contributed by atoms with Crippen molar-refractivity contribution in [3.63, 3.8) is 0 Å². The maximum atomic E-state index is 12.0. The molecule has 2 rings (SSSR count). The Morgan fingerprint density at radius 3 is 2.59 bits per heavy atom. The van der Waals surface area contributed by atoms with Crippen LogP contribution in [0.5, 0.6) is 0 Å². The number of amides is 1. The van der Waals surface area contributed by atoms with Gasteiger partial charge in [-0.1, -0.05) is 11.8 Å². The van der Waals surface area contributed by atoms with Crippen LogP contribution in [0, 0.1) is 17.8 Å². The zero-order valence-electron chi connectivity index (χ0n) is 13.4. The molecule has 0 aromatic carbocycles. The molecule has 0 saturated carbocycles. The highest BCUT2D eigenvalue weighted by atomic mass is 16.6. The van der Waals surface area contributed by atoms with E-state index in [-0.39, 0.29) is 6.09 Å². The number of carbonyl (C=O) groups is 1. The van der Waals surface area contributed by atoms with Crippen LogP contribution in [0.4, 0.5) is 10.6 Å². The molecule has 5 nitrogen and oxygen atoms in total. The van der Waals surface area contributed by atoms with Crippen molar-refractivity contribution in [1.82, 2.24) is 9.88 Å². The third kappa shape index (κ3) is 4.96. The highest BCUT2D eigenvalue weighted by Crippen LogP contribution is 2.19. The fourth-order valence-corrected chi connectivity index (χ4v) is 2.20. The molecule has 1 fully saturated rings. The molecule has 2 N–H and O–H groups in total. The Labute approximate surface area is 131 Å². The number of hydrogen-bond donors (Lipinski definition) is 1. The van der Waals surface area contributed by atoms with E-state index in [4.69, 9.17) is 10.5 Å². The molecule has 22 heavy (non-hydrogen) atoms. The first-order valence-corrected chi connectivity index (χ1v) is 7.54. The molecule has 0 aliphatic carbocycles. The average Bonchev–Trinajstić information content (AvgIpc) is 2.45. The van der Waals surface area contributed by atoms with E-state index in [0.29, 0.717) is 24.8 Å². The molecule has 0 atom stereocenters. The van der Waals surface area contributed by atoms with Crippen molar-refractivity contribution in [1.29, 1.82) is 0 Å². The second kappa shape index (κ2) is 6.69. The fraction of sp³-hybridized carbons (Fsp3) is 0.529. The fourth-order valence-electron chi connectivity index (χ4n) is 2.20. The minimum atomic E-state index is -0.449. The number of hydrogen-bond acceptors (Lipinski definition) is 4. The lowest BCUT2D eigenvalue weighted by Gasteiger charge is -2.31. The number of likely N-dealkylation sites (tertiary alicyclic amines) is 1. The molecule has 0 unspecified atom stereocenters. The van der Waals surface area contributed by atoms with Gasteiger partial charge in [0.05, 0.1) is 0 Å². The van der Waals surface area contributed by atoms with Crippen molar-refractivity contribution in [2.24, 2.45) is 5.92 Å². The van der Waals surface area contributed by atoms with Gasteiger partial charge in [0.2, 0.25) is 0 Å². The van der Waals surface area contributed by atoms with Gasteiger partial charge >= 0.3 is 6.09 Å². The Balaban J connectivity index is 1.85. The molecule has 118 valence electrons. The van der Waals surface area contributed by atoms with Crippen molar-refractivity contribution in [2.45, 2.75) is 39.2 Å². The molecule has 1 aliphatic rings. The Morgan fingerprint density at radius 2 is 2.05 bits per heavy atom. The number of pyridine rings is 1. The summed E-state index contributed by atoms with van der Waals surface area (Å²) < 4.78 is 5.38. The summed E-state index contributed by atoms with van der Waals surface area (Å²) in [7, 11) is 0. The predicted octanol–water partition coefficient (Wildman–Crippen LogP) is 2.66. The zero-order valence-corrected chi connectivity index (χ0v) is 13.4. The van der Waals surface area contributed by atoms with Crippen LogP contribution in [0.3, 0.4) is 0 Å². The normalized spacial score (nSPS) is 15.9. The number of ether oxygens (including phenoxy) is 1. The summed E-state index contributed by atoms with van der Waals surface area (Å²) in [6, 6.07) is 3.61. The summed E-state index contributed by atoms with van der Waals surface area (Å²) in [6.45, 7) is 7.01. The summed E-state index contributed by atoms with van der Waals surface area (Å²) in [5.74, 6) is 7.18. The van der Waals surface area contributed by atoms with Gasteiger partial charge in [0.25, 0.3) is 0 Å². The number of nitrogen functional groups attached to an aromatic ring is 1. The van der Waals surface area contributed by atoms with Gasteiger partial charge in [0.1, 0.15) is 11.4 Å². The van der Waals surface area contributed by atoms with Crippen molar-refractivity contribution >= 4 is 11.9 Å². The maximum absolute atomic E-state index is 12.0. The van der Waals surface area contributed by atoms with Gasteiger partial charge < -0.3 is 15.4 Å². The van der Waals surface area contributed by atoms with Gasteiger partial charge in [0.15, 0.2) is 0 Å². The van der Waals surface area contributed by atoms with Gasteiger partial charge in [-0.2, -0.15) is 0 Å². The summed E-state index contributed by atoms with van der Waals surface area (Å²) in [4.78, 5) is 17.8. The molecular formula is C17H23N3O2. The van der Waals surface area contributed by atoms with Gasteiger partial charge in [0, 0.05) is 30.8 Å². The number of anilines is 1. The van der Waals surface area contributed by atoms with E-state index >= 15 is 0 Å². The lowest BCUT2D eigenvalue weighted by molar-refractivity contribution is 0.0199. The maximum Gasteiger partial charge on any atom is 0.410 e. The van der Waals surface area contributed by atoms with Crippen molar-refractivity contribution in [2.75, 3.05) is 18.8 Å². The number of rotatable bonds is 0. The second-order valence-electron chi connectivity index (χ2n) is 6.48. The lowest BCUT2D eigenvalue weighted by Crippen LogP contribution is -2.41. The van der Waals surface area contributed by atoms with Gasteiger partial charge in [-0.3, -0.25) is 0 Å². The third-order valence-electron chi connectivity index (χ3n) is 3.35. The third-order valence-corrected chi connectivity index (χ3v) is 3.35. The quantitative estimate of drug-likeness (QED) is 0.748. The SMILES string of the molecule is CC(C)(C)OC(=O)N1CCC(C#Cc2ccc(N)nc2)CC1. The van der Waals surface area contributed by atoms with E-state index in [9.17, 15) is 4.79 Å². The number of nitrogens with zero attached hydrogens (tertiary/aromatic N) is 2. The number of carbonyl (C=O) groups excluding carboxylic acids is 1. The molecule has 1 aliphatic heterocycles. The highest BCUT2D eigenvalue weighted by molar-refractivity contribution is 5.68. The first kappa shape index (κ1) is 16.2. The molecule has 5 heteroatoms. The Morgan fingerprint density at radius 1 is 1.36 bits per heavy atom. The van der Waals surface area contributed by atoms with Crippen LogP contribution < -0.4 is 5.73 Å². The first-order valence-electron chi connectivity index (χ1n) is 7.54. The molecule has 0 spiro atoms. The van der Waals surface area contributed by atoms with Crippen LogP contribution in [0.2, 0.25) is 0 Å². The van der Waals surface area contributed by atoms with E-state index in [2.05, 4.69) is 16.8 Å². The molecule has 0 radical (unpaired) electrons. The van der Waals surface area contributed by atoms with Crippen LogP contribution in [0.1, 0.15) is 39.2 Å². The minimum Gasteiger partial charge on any atom is -0.444 e. The van der Waals surface area contributed by atoms with Crippen LogP contribution in [-0.2, 0) is 4.74 Å². The highest BCUT2D eigenvalue weighted by Gasteiger charge is 2.26. The standard InChI is InChI=1S/C17H23N3O2/c1-17(2,3)22-16(21)20-10-8-13(9-11-20)4-5-14-6-7-15(18)19-12-14/h6-7,12-13H,8-11H2,1-3H3,(H2,18,19). The minimum absolute atomic E-state index is 0.235. The summed E-state index contributed by atoms with van der Waals surface area (Å²) in [5.41, 5.74) is 5.96. The summed E-state index contributed by atoms with van der Waals surface area (Å²) in [6.07, 6.45) is 3.18. The largest absolute Gasteiger partial charge is 0.444 e. The van der Waals surface area contributed by atoms with E-state index in [1.165, 1.54) is 0 Å². The lowest BCUT2D eigenvalue weighted by atomic mass is 9.97. The number of nitrogens with two attached hydrogens (primary N) is 1. The average molecular weight is 301 g/mol.